The first-order valence-electron chi connectivity index (χ1n) is 7.22. The minimum absolute atomic E-state index is 0.190. The zero-order valence-corrected chi connectivity index (χ0v) is 12.4. The Bertz CT molecular complexity index is 391. The third-order valence-corrected chi connectivity index (χ3v) is 3.91. The molecule has 0 saturated carbocycles. The molecule has 1 aromatic rings. The SMILES string of the molecule is COc1ccc(C(CN)N(C)CC2CCCOC2)cn1. The first kappa shape index (κ1) is 15.2. The molecular weight excluding hydrogens is 254 g/mol. The molecule has 1 aliphatic heterocycles. The maximum atomic E-state index is 5.95. The van der Waals surface area contributed by atoms with Crippen molar-refractivity contribution in [3.8, 4) is 5.88 Å². The molecule has 1 aliphatic rings. The third-order valence-electron chi connectivity index (χ3n) is 3.91. The van der Waals surface area contributed by atoms with Crippen LogP contribution >= 0.6 is 0 Å². The van der Waals surface area contributed by atoms with Gasteiger partial charge in [-0.05, 0) is 31.4 Å². The second-order valence-electron chi connectivity index (χ2n) is 5.41. The van der Waals surface area contributed by atoms with Gasteiger partial charge in [0.2, 0.25) is 5.88 Å². The van der Waals surface area contributed by atoms with Gasteiger partial charge in [-0.15, -0.1) is 0 Å². The predicted octanol–water partition coefficient (Wildman–Crippen LogP) is 1.45. The first-order valence-corrected chi connectivity index (χ1v) is 7.22. The molecule has 0 bridgehead atoms. The summed E-state index contributed by atoms with van der Waals surface area (Å²) in [6.07, 6.45) is 4.25. The van der Waals surface area contributed by atoms with Crippen molar-refractivity contribution in [3.63, 3.8) is 0 Å². The molecule has 112 valence electrons. The normalized spacial score (nSPS) is 20.9. The second kappa shape index (κ2) is 7.57. The maximum Gasteiger partial charge on any atom is 0.212 e. The van der Waals surface area contributed by atoms with Gasteiger partial charge in [0.1, 0.15) is 0 Å². The van der Waals surface area contributed by atoms with E-state index in [2.05, 4.69) is 16.9 Å². The molecule has 0 radical (unpaired) electrons. The number of hydrogen-bond donors (Lipinski definition) is 1. The van der Waals surface area contributed by atoms with E-state index in [4.69, 9.17) is 15.2 Å². The van der Waals surface area contributed by atoms with E-state index >= 15 is 0 Å². The highest BCUT2D eigenvalue weighted by molar-refractivity contribution is 5.21. The molecule has 2 atom stereocenters. The van der Waals surface area contributed by atoms with Gasteiger partial charge in [0.05, 0.1) is 13.7 Å². The Morgan fingerprint density at radius 2 is 2.40 bits per heavy atom. The minimum Gasteiger partial charge on any atom is -0.481 e. The lowest BCUT2D eigenvalue weighted by Crippen LogP contribution is -2.36. The van der Waals surface area contributed by atoms with E-state index in [-0.39, 0.29) is 6.04 Å². The molecule has 20 heavy (non-hydrogen) atoms. The van der Waals surface area contributed by atoms with Gasteiger partial charge in [-0.3, -0.25) is 4.90 Å². The summed E-state index contributed by atoms with van der Waals surface area (Å²) in [5.41, 5.74) is 7.08. The number of rotatable bonds is 6. The van der Waals surface area contributed by atoms with Crippen molar-refractivity contribution in [1.29, 1.82) is 0 Å². The maximum absolute atomic E-state index is 5.95. The van der Waals surface area contributed by atoms with E-state index in [1.54, 1.807) is 7.11 Å². The molecule has 0 aromatic carbocycles. The molecule has 1 aromatic heterocycles. The highest BCUT2D eigenvalue weighted by Crippen LogP contribution is 2.22. The van der Waals surface area contributed by atoms with Crippen LogP contribution in [0.15, 0.2) is 18.3 Å². The smallest absolute Gasteiger partial charge is 0.212 e. The Morgan fingerprint density at radius 1 is 1.55 bits per heavy atom. The van der Waals surface area contributed by atoms with E-state index in [0.29, 0.717) is 18.3 Å². The van der Waals surface area contributed by atoms with Crippen LogP contribution in [0.2, 0.25) is 0 Å². The number of methoxy groups -OCH3 is 1. The Kier molecular flexibility index (Phi) is 5.76. The van der Waals surface area contributed by atoms with Crippen LogP contribution in [-0.4, -0.2) is 50.3 Å². The van der Waals surface area contributed by atoms with Crippen LogP contribution in [0.3, 0.4) is 0 Å². The summed E-state index contributed by atoms with van der Waals surface area (Å²) < 4.78 is 10.6. The third kappa shape index (κ3) is 3.91. The minimum atomic E-state index is 0.190. The number of nitrogens with two attached hydrogens (primary N) is 1. The molecule has 0 spiro atoms. The summed E-state index contributed by atoms with van der Waals surface area (Å²) in [7, 11) is 3.74. The Balaban J connectivity index is 1.98. The summed E-state index contributed by atoms with van der Waals surface area (Å²) in [5, 5.41) is 0. The first-order chi connectivity index (χ1) is 9.74. The van der Waals surface area contributed by atoms with Gasteiger partial charge in [-0.2, -0.15) is 0 Å². The molecular formula is C15H25N3O2. The molecule has 2 unspecified atom stereocenters. The van der Waals surface area contributed by atoms with Crippen LogP contribution in [0.5, 0.6) is 5.88 Å². The Hall–Kier alpha value is -1.17. The van der Waals surface area contributed by atoms with Gasteiger partial charge in [-0.25, -0.2) is 4.98 Å². The largest absolute Gasteiger partial charge is 0.481 e. The molecule has 5 nitrogen and oxygen atoms in total. The average Bonchev–Trinajstić information content (AvgIpc) is 2.49. The summed E-state index contributed by atoms with van der Waals surface area (Å²) in [5.74, 6) is 1.24. The lowest BCUT2D eigenvalue weighted by Gasteiger charge is -2.32. The monoisotopic (exact) mass is 279 g/mol. The number of ether oxygens (including phenoxy) is 2. The molecule has 1 saturated heterocycles. The molecule has 2 heterocycles. The molecule has 2 rings (SSSR count). The number of pyridine rings is 1. The predicted molar refractivity (Wildman–Crippen MR) is 78.8 cm³/mol. The standard InChI is InChI=1S/C15H25N3O2/c1-18(10-12-4-3-7-20-11-12)14(8-16)13-5-6-15(19-2)17-9-13/h5-6,9,12,14H,3-4,7-8,10-11,16H2,1-2H3. The number of nitrogens with zero attached hydrogens (tertiary/aromatic N) is 2. The van der Waals surface area contributed by atoms with Crippen LogP contribution in [0.25, 0.3) is 0 Å². The quantitative estimate of drug-likeness (QED) is 0.854. The molecule has 2 N–H and O–H groups in total. The van der Waals surface area contributed by atoms with Crippen molar-refractivity contribution >= 4 is 0 Å². The Labute approximate surface area is 121 Å². The van der Waals surface area contributed by atoms with E-state index in [1.807, 2.05) is 18.3 Å². The van der Waals surface area contributed by atoms with Crippen molar-refractivity contribution in [2.24, 2.45) is 11.7 Å². The van der Waals surface area contributed by atoms with Gasteiger partial charge < -0.3 is 15.2 Å². The topological polar surface area (TPSA) is 60.6 Å². The highest BCUT2D eigenvalue weighted by atomic mass is 16.5. The molecule has 0 amide bonds. The fourth-order valence-corrected chi connectivity index (χ4v) is 2.77. The van der Waals surface area contributed by atoms with Crippen molar-refractivity contribution in [3.05, 3.63) is 23.9 Å². The van der Waals surface area contributed by atoms with Crippen molar-refractivity contribution in [2.45, 2.75) is 18.9 Å². The van der Waals surface area contributed by atoms with E-state index in [9.17, 15) is 0 Å². The van der Waals surface area contributed by atoms with Crippen molar-refractivity contribution < 1.29 is 9.47 Å². The van der Waals surface area contributed by atoms with Gasteiger partial charge >= 0.3 is 0 Å². The van der Waals surface area contributed by atoms with Gasteiger partial charge in [0.15, 0.2) is 0 Å². The molecule has 1 fully saturated rings. The van der Waals surface area contributed by atoms with Crippen LogP contribution in [0.4, 0.5) is 0 Å². The molecule has 5 heteroatoms. The van der Waals surface area contributed by atoms with E-state index < -0.39 is 0 Å². The lowest BCUT2D eigenvalue weighted by molar-refractivity contribution is 0.0365. The van der Waals surface area contributed by atoms with Crippen molar-refractivity contribution in [1.82, 2.24) is 9.88 Å². The fourth-order valence-electron chi connectivity index (χ4n) is 2.77. The van der Waals surface area contributed by atoms with E-state index in [1.165, 1.54) is 6.42 Å². The zero-order chi connectivity index (χ0) is 14.4. The summed E-state index contributed by atoms with van der Waals surface area (Å²) in [4.78, 5) is 6.57. The summed E-state index contributed by atoms with van der Waals surface area (Å²) in [6.45, 7) is 3.36. The average molecular weight is 279 g/mol. The number of likely N-dealkylation sites (N-methyl/N-ethyl adjacent to an activating group) is 1. The van der Waals surface area contributed by atoms with Crippen LogP contribution in [-0.2, 0) is 4.74 Å². The van der Waals surface area contributed by atoms with Crippen LogP contribution in [0, 0.1) is 5.92 Å². The number of hydrogen-bond acceptors (Lipinski definition) is 5. The fraction of sp³-hybridized carbons (Fsp3) is 0.667. The highest BCUT2D eigenvalue weighted by Gasteiger charge is 2.21. The van der Waals surface area contributed by atoms with Crippen LogP contribution in [0.1, 0.15) is 24.4 Å². The van der Waals surface area contributed by atoms with Crippen molar-refractivity contribution in [2.75, 3.05) is 40.5 Å². The van der Waals surface area contributed by atoms with Gasteiger partial charge in [0.25, 0.3) is 0 Å². The molecule has 0 aliphatic carbocycles. The van der Waals surface area contributed by atoms with Gasteiger partial charge in [-0.1, -0.05) is 6.07 Å². The second-order valence-corrected chi connectivity index (χ2v) is 5.41. The lowest BCUT2D eigenvalue weighted by atomic mass is 10.00. The van der Waals surface area contributed by atoms with Gasteiger partial charge in [0, 0.05) is 38.0 Å². The number of aromatic nitrogens is 1. The summed E-state index contributed by atoms with van der Waals surface area (Å²) in [6, 6.07) is 4.11. The zero-order valence-electron chi connectivity index (χ0n) is 12.4. The van der Waals surface area contributed by atoms with E-state index in [0.717, 1.165) is 31.7 Å². The summed E-state index contributed by atoms with van der Waals surface area (Å²) >= 11 is 0. The van der Waals surface area contributed by atoms with Crippen LogP contribution < -0.4 is 10.5 Å². The Morgan fingerprint density at radius 3 is 2.95 bits per heavy atom.